The average Bonchev–Trinajstić information content (AvgIpc) is 2.59. The molecule has 6 heteroatoms. The molecule has 2 nitrogen and oxygen atoms in total. The Morgan fingerprint density at radius 2 is 1.71 bits per heavy atom. The Kier molecular flexibility index (Phi) is 7.71. The van der Waals surface area contributed by atoms with Crippen LogP contribution in [-0.4, -0.2) is 10.1 Å². The molecule has 0 saturated carbocycles. The summed E-state index contributed by atoms with van der Waals surface area (Å²) < 4.78 is 30.1. The third kappa shape index (κ3) is 7.10. The number of allylic oxidation sites excluding steroid dienone is 1. The zero-order valence-electron chi connectivity index (χ0n) is 12.9. The van der Waals surface area contributed by atoms with E-state index in [-0.39, 0.29) is 0 Å². The van der Waals surface area contributed by atoms with Gasteiger partial charge >= 0.3 is 0 Å². The van der Waals surface area contributed by atoms with Crippen molar-refractivity contribution in [2.24, 2.45) is 0 Å². The second-order valence-electron chi connectivity index (χ2n) is 4.83. The van der Waals surface area contributed by atoms with Crippen LogP contribution in [0.4, 0.5) is 8.78 Å². The number of benzene rings is 2. The van der Waals surface area contributed by atoms with Crippen molar-refractivity contribution in [3.63, 3.8) is 0 Å². The molecular weight excluding hydrogens is 348 g/mol. The summed E-state index contributed by atoms with van der Waals surface area (Å²) in [5, 5.41) is 3.10. The second-order valence-corrected chi connectivity index (χ2v) is 6.60. The quantitative estimate of drug-likeness (QED) is 0.497. The molecule has 0 atom stereocenters. The largest absolute Gasteiger partial charge is 0.457 e. The van der Waals surface area contributed by atoms with Crippen LogP contribution in [0, 0.1) is 0 Å². The van der Waals surface area contributed by atoms with Gasteiger partial charge in [0, 0.05) is 12.3 Å². The predicted octanol–water partition coefficient (Wildman–Crippen LogP) is 5.76. The molecule has 0 heterocycles. The Balaban J connectivity index is 1.73. The molecule has 0 spiro atoms. The highest BCUT2D eigenvalue weighted by atomic mass is 32.2. The number of ether oxygens (including phenoxy) is 1. The summed E-state index contributed by atoms with van der Waals surface area (Å²) in [6, 6.07) is 17.3. The average molecular weight is 365 g/mol. The number of thiocarbonyl (C=S) groups is 1. The van der Waals surface area contributed by atoms with Crippen molar-refractivity contribution in [2.75, 3.05) is 5.75 Å². The summed E-state index contributed by atoms with van der Waals surface area (Å²) in [6.07, 6.45) is -0.436. The smallest absolute Gasteiger partial charge is 0.266 e. The van der Waals surface area contributed by atoms with Gasteiger partial charge in [0.15, 0.2) is 0 Å². The summed E-state index contributed by atoms with van der Waals surface area (Å²) in [5.41, 5.74) is 1.06. The van der Waals surface area contributed by atoms with Crippen molar-refractivity contribution >= 4 is 28.3 Å². The number of rotatable bonds is 7. The fourth-order valence-corrected chi connectivity index (χ4v) is 2.76. The summed E-state index contributed by atoms with van der Waals surface area (Å²) in [4.78, 5) is 0. The molecule has 0 unspecified atom stereocenters. The standard InChI is InChI=1S/C18H17F2NOS2/c19-17(20)7-4-12-24-18(23)21-13-14-8-10-16(11-9-14)22-15-5-2-1-3-6-15/h1-3,5-11H,4,12-13H2,(H,21,23). The van der Waals surface area contributed by atoms with Gasteiger partial charge in [-0.2, -0.15) is 8.78 Å². The number of thioether (sulfide) groups is 1. The van der Waals surface area contributed by atoms with Crippen LogP contribution in [0.25, 0.3) is 0 Å². The van der Waals surface area contributed by atoms with E-state index in [1.54, 1.807) is 0 Å². The van der Waals surface area contributed by atoms with Gasteiger partial charge in [-0.15, -0.1) is 0 Å². The first kappa shape index (κ1) is 18.4. The number of halogens is 2. The topological polar surface area (TPSA) is 21.3 Å². The predicted molar refractivity (Wildman–Crippen MR) is 99.8 cm³/mol. The van der Waals surface area contributed by atoms with Crippen LogP contribution in [0.15, 0.2) is 66.8 Å². The minimum Gasteiger partial charge on any atom is -0.457 e. The number of nitrogens with one attached hydrogen (secondary N) is 1. The Hall–Kier alpha value is -1.92. The van der Waals surface area contributed by atoms with Crippen LogP contribution in [0.3, 0.4) is 0 Å². The molecule has 126 valence electrons. The zero-order valence-corrected chi connectivity index (χ0v) is 14.5. The molecule has 0 bridgehead atoms. The molecule has 0 saturated heterocycles. The van der Waals surface area contributed by atoms with Gasteiger partial charge in [0.2, 0.25) is 0 Å². The van der Waals surface area contributed by atoms with Gasteiger partial charge in [-0.05, 0) is 42.3 Å². The highest BCUT2D eigenvalue weighted by molar-refractivity contribution is 8.22. The van der Waals surface area contributed by atoms with E-state index in [2.05, 4.69) is 5.32 Å². The van der Waals surface area contributed by atoms with E-state index in [0.717, 1.165) is 23.1 Å². The molecule has 1 N–H and O–H groups in total. The van der Waals surface area contributed by atoms with Crippen molar-refractivity contribution in [1.29, 1.82) is 0 Å². The van der Waals surface area contributed by atoms with Gasteiger partial charge in [-0.3, -0.25) is 0 Å². The van der Waals surface area contributed by atoms with Gasteiger partial charge in [-0.1, -0.05) is 54.3 Å². The first-order chi connectivity index (χ1) is 11.6. The van der Waals surface area contributed by atoms with Gasteiger partial charge < -0.3 is 10.1 Å². The maximum absolute atomic E-state index is 11.9. The van der Waals surface area contributed by atoms with E-state index < -0.39 is 6.08 Å². The number of para-hydroxylation sites is 1. The third-order valence-electron chi connectivity index (χ3n) is 2.99. The van der Waals surface area contributed by atoms with E-state index in [1.165, 1.54) is 11.8 Å². The first-order valence-electron chi connectivity index (χ1n) is 7.37. The van der Waals surface area contributed by atoms with Gasteiger partial charge in [0.05, 0.1) is 0 Å². The molecule has 0 aliphatic heterocycles. The Labute approximate surface area is 149 Å². The summed E-state index contributed by atoms with van der Waals surface area (Å²) >= 11 is 6.52. The van der Waals surface area contributed by atoms with Crippen LogP contribution in [0.1, 0.15) is 12.0 Å². The Morgan fingerprint density at radius 3 is 2.38 bits per heavy atom. The monoisotopic (exact) mass is 365 g/mol. The van der Waals surface area contributed by atoms with E-state index in [1.807, 2.05) is 54.6 Å². The zero-order chi connectivity index (χ0) is 17.2. The molecule has 0 aromatic heterocycles. The molecule has 2 rings (SSSR count). The lowest BCUT2D eigenvalue weighted by Crippen LogP contribution is -2.17. The summed E-state index contributed by atoms with van der Waals surface area (Å²) in [5.74, 6) is 2.09. The lowest BCUT2D eigenvalue weighted by molar-refractivity contribution is 0.418. The van der Waals surface area contributed by atoms with Crippen molar-refractivity contribution in [2.45, 2.75) is 13.0 Å². The van der Waals surface area contributed by atoms with Crippen molar-refractivity contribution in [3.05, 3.63) is 72.3 Å². The van der Waals surface area contributed by atoms with Crippen molar-refractivity contribution < 1.29 is 13.5 Å². The lowest BCUT2D eigenvalue weighted by Gasteiger charge is -2.09. The van der Waals surface area contributed by atoms with E-state index in [9.17, 15) is 8.78 Å². The highest BCUT2D eigenvalue weighted by Crippen LogP contribution is 2.21. The SMILES string of the molecule is FC(F)=CCCSC(=S)NCc1ccc(Oc2ccccc2)cc1. The molecule has 0 aliphatic rings. The maximum atomic E-state index is 11.9. The van der Waals surface area contributed by atoms with Crippen LogP contribution < -0.4 is 10.1 Å². The molecule has 2 aromatic rings. The van der Waals surface area contributed by atoms with E-state index in [4.69, 9.17) is 17.0 Å². The molecular formula is C18H17F2NOS2. The third-order valence-corrected chi connectivity index (χ3v) is 4.33. The lowest BCUT2D eigenvalue weighted by atomic mass is 10.2. The number of hydrogen-bond acceptors (Lipinski definition) is 3. The van der Waals surface area contributed by atoms with Crippen molar-refractivity contribution in [3.8, 4) is 11.5 Å². The Morgan fingerprint density at radius 1 is 1.04 bits per heavy atom. The van der Waals surface area contributed by atoms with Crippen LogP contribution in [0.2, 0.25) is 0 Å². The van der Waals surface area contributed by atoms with E-state index in [0.29, 0.717) is 23.0 Å². The molecule has 0 amide bonds. The fourth-order valence-electron chi connectivity index (χ4n) is 1.84. The molecule has 0 fully saturated rings. The van der Waals surface area contributed by atoms with E-state index >= 15 is 0 Å². The van der Waals surface area contributed by atoms with Crippen molar-refractivity contribution in [1.82, 2.24) is 5.32 Å². The summed E-state index contributed by atoms with van der Waals surface area (Å²) in [6.45, 7) is 0.588. The normalized spacial score (nSPS) is 10.1. The molecule has 0 aliphatic carbocycles. The fraction of sp³-hybridized carbons (Fsp3) is 0.167. The van der Waals surface area contributed by atoms with Gasteiger partial charge in [0.1, 0.15) is 15.8 Å². The Bertz CT molecular complexity index is 671. The summed E-state index contributed by atoms with van der Waals surface area (Å²) in [7, 11) is 0. The first-order valence-corrected chi connectivity index (χ1v) is 8.76. The van der Waals surface area contributed by atoms with Crippen LogP contribution in [-0.2, 0) is 6.54 Å². The second kappa shape index (κ2) is 10.1. The minimum atomic E-state index is -1.65. The molecule has 2 aromatic carbocycles. The highest BCUT2D eigenvalue weighted by Gasteiger charge is 2.00. The van der Waals surface area contributed by atoms with Crippen LogP contribution in [0.5, 0.6) is 11.5 Å². The van der Waals surface area contributed by atoms with Gasteiger partial charge in [0.25, 0.3) is 6.08 Å². The van der Waals surface area contributed by atoms with Gasteiger partial charge in [-0.25, -0.2) is 0 Å². The minimum absolute atomic E-state index is 0.306. The maximum Gasteiger partial charge on any atom is 0.266 e. The van der Waals surface area contributed by atoms with Crippen LogP contribution >= 0.6 is 24.0 Å². The number of hydrogen-bond donors (Lipinski definition) is 1. The molecule has 24 heavy (non-hydrogen) atoms. The molecule has 0 radical (unpaired) electrons.